The lowest BCUT2D eigenvalue weighted by atomic mass is 10.2. The number of carbonyl (C=O) groups is 1. The minimum Gasteiger partial charge on any atom is -0.462 e. The Balaban J connectivity index is 1.41. The number of nitrogens with one attached hydrogen (secondary N) is 3. The van der Waals surface area contributed by atoms with Gasteiger partial charge in [-0.05, 0) is 60.8 Å². The molecule has 4 heterocycles. The van der Waals surface area contributed by atoms with Crippen molar-refractivity contribution in [3.05, 3.63) is 76.8 Å². The first kappa shape index (κ1) is 23.3. The van der Waals surface area contributed by atoms with Gasteiger partial charge in [0, 0.05) is 36.9 Å². The highest BCUT2D eigenvalue weighted by molar-refractivity contribution is 5.95. The second-order valence-corrected chi connectivity index (χ2v) is 8.18. The monoisotopic (exact) mass is 486 g/mol. The van der Waals surface area contributed by atoms with E-state index >= 15 is 0 Å². The Morgan fingerprint density at radius 3 is 2.61 bits per heavy atom. The Labute approximate surface area is 207 Å². The normalized spacial score (nSPS) is 13.4. The number of esters is 1. The Hall–Kier alpha value is -4.44. The summed E-state index contributed by atoms with van der Waals surface area (Å²) < 4.78 is 10.4. The number of pyridine rings is 3. The smallest absolute Gasteiger partial charge is 0.339 e. The van der Waals surface area contributed by atoms with Gasteiger partial charge in [-0.1, -0.05) is 0 Å². The van der Waals surface area contributed by atoms with Crippen LogP contribution >= 0.6 is 0 Å². The number of ether oxygens (including phenoxy) is 2. The molecule has 0 saturated carbocycles. The topological polar surface area (TPSA) is 121 Å². The highest BCUT2D eigenvalue weighted by Crippen LogP contribution is 2.27. The quantitative estimate of drug-likeness (QED) is 0.335. The van der Waals surface area contributed by atoms with Crippen LogP contribution in [-0.2, 0) is 9.47 Å². The van der Waals surface area contributed by atoms with Gasteiger partial charge in [0.05, 0.1) is 30.8 Å². The SMILES string of the molecule is CCOC(=O)c1ccc(Nc2cc3cc[nH]c(=O)c3c(Nc3ccc(N4CCOCC4)cc3)n2)nc1. The molecule has 0 amide bonds. The number of morpholine rings is 1. The third-order valence-corrected chi connectivity index (χ3v) is 5.79. The predicted octanol–water partition coefficient (Wildman–Crippen LogP) is 3.82. The van der Waals surface area contributed by atoms with E-state index in [4.69, 9.17) is 9.47 Å². The van der Waals surface area contributed by atoms with Crippen molar-refractivity contribution in [2.45, 2.75) is 6.92 Å². The number of carbonyl (C=O) groups excluding carboxylic acids is 1. The van der Waals surface area contributed by atoms with Crippen LogP contribution in [0.4, 0.5) is 28.8 Å². The fourth-order valence-electron chi connectivity index (χ4n) is 4.02. The number of rotatable bonds is 7. The lowest BCUT2D eigenvalue weighted by molar-refractivity contribution is 0.0526. The number of benzene rings is 1. The molecule has 4 aromatic rings. The van der Waals surface area contributed by atoms with Crippen LogP contribution in [0.1, 0.15) is 17.3 Å². The molecule has 1 fully saturated rings. The van der Waals surface area contributed by atoms with Crippen LogP contribution in [0, 0.1) is 0 Å². The zero-order chi connectivity index (χ0) is 24.9. The predicted molar refractivity (Wildman–Crippen MR) is 139 cm³/mol. The van der Waals surface area contributed by atoms with Crippen molar-refractivity contribution in [2.24, 2.45) is 0 Å². The van der Waals surface area contributed by atoms with Gasteiger partial charge in [-0.2, -0.15) is 0 Å². The summed E-state index contributed by atoms with van der Waals surface area (Å²) in [7, 11) is 0. The van der Waals surface area contributed by atoms with Crippen molar-refractivity contribution in [3.8, 4) is 0 Å². The molecule has 3 N–H and O–H groups in total. The minimum absolute atomic E-state index is 0.240. The van der Waals surface area contributed by atoms with Crippen molar-refractivity contribution >= 4 is 45.6 Å². The van der Waals surface area contributed by atoms with E-state index in [1.807, 2.05) is 30.3 Å². The van der Waals surface area contributed by atoms with Gasteiger partial charge >= 0.3 is 5.97 Å². The van der Waals surface area contributed by atoms with Gasteiger partial charge in [0.1, 0.15) is 17.5 Å². The van der Waals surface area contributed by atoms with Crippen LogP contribution < -0.4 is 21.1 Å². The number of H-pyrrole nitrogens is 1. The summed E-state index contributed by atoms with van der Waals surface area (Å²) in [5, 5.41) is 7.60. The lowest BCUT2D eigenvalue weighted by Crippen LogP contribution is -2.36. The van der Waals surface area contributed by atoms with Crippen molar-refractivity contribution in [1.82, 2.24) is 15.0 Å². The lowest BCUT2D eigenvalue weighted by Gasteiger charge is -2.28. The molecule has 10 nitrogen and oxygen atoms in total. The van der Waals surface area contributed by atoms with E-state index in [2.05, 4.69) is 30.5 Å². The van der Waals surface area contributed by atoms with E-state index in [9.17, 15) is 9.59 Å². The summed E-state index contributed by atoms with van der Waals surface area (Å²) in [5.74, 6) is 0.988. The first-order valence-electron chi connectivity index (χ1n) is 11.7. The highest BCUT2D eigenvalue weighted by Gasteiger charge is 2.14. The van der Waals surface area contributed by atoms with Crippen LogP contribution in [0.15, 0.2) is 65.7 Å². The van der Waals surface area contributed by atoms with E-state index in [1.54, 1.807) is 31.3 Å². The molecule has 1 aromatic carbocycles. The summed E-state index contributed by atoms with van der Waals surface area (Å²) in [6.07, 6.45) is 3.04. The standard InChI is InChI=1S/C26H26N6O4/c1-2-36-26(34)18-3-8-21(28-16-18)30-22-15-17-9-10-27-25(33)23(17)24(31-22)29-19-4-6-20(7-5-19)32-11-13-35-14-12-32/h3-10,15-16H,2,11-14H2,1H3,(H,27,33)(H2,28,29,30,31). The maximum Gasteiger partial charge on any atom is 0.339 e. The molecule has 5 rings (SSSR count). The third-order valence-electron chi connectivity index (χ3n) is 5.79. The molecule has 1 saturated heterocycles. The molecule has 0 atom stereocenters. The molecule has 1 aliphatic rings. The average molecular weight is 487 g/mol. The van der Waals surface area contributed by atoms with E-state index in [0.717, 1.165) is 37.7 Å². The maximum atomic E-state index is 12.6. The molecule has 36 heavy (non-hydrogen) atoms. The number of hydrogen-bond acceptors (Lipinski definition) is 9. The fourth-order valence-corrected chi connectivity index (χ4v) is 4.02. The van der Waals surface area contributed by atoms with Gasteiger partial charge in [-0.3, -0.25) is 4.79 Å². The van der Waals surface area contributed by atoms with Crippen molar-refractivity contribution in [3.63, 3.8) is 0 Å². The number of hydrogen-bond donors (Lipinski definition) is 3. The van der Waals surface area contributed by atoms with Gasteiger partial charge in [0.15, 0.2) is 0 Å². The van der Waals surface area contributed by atoms with Gasteiger partial charge < -0.3 is 30.0 Å². The molecule has 0 bridgehead atoms. The summed E-state index contributed by atoms with van der Waals surface area (Å²) in [4.78, 5) is 38.5. The van der Waals surface area contributed by atoms with Crippen LogP contribution in [0.2, 0.25) is 0 Å². The fraction of sp³-hybridized carbons (Fsp3) is 0.231. The highest BCUT2D eigenvalue weighted by atomic mass is 16.5. The van der Waals surface area contributed by atoms with Crippen LogP contribution in [-0.4, -0.2) is 53.8 Å². The molecular weight excluding hydrogens is 460 g/mol. The molecule has 0 unspecified atom stereocenters. The molecular formula is C26H26N6O4. The van der Waals surface area contributed by atoms with Gasteiger partial charge in [-0.25, -0.2) is 14.8 Å². The van der Waals surface area contributed by atoms with E-state index in [0.29, 0.717) is 40.4 Å². The van der Waals surface area contributed by atoms with E-state index in [1.165, 1.54) is 6.20 Å². The minimum atomic E-state index is -0.425. The zero-order valence-electron chi connectivity index (χ0n) is 19.8. The second kappa shape index (κ2) is 10.4. The molecule has 10 heteroatoms. The van der Waals surface area contributed by atoms with Gasteiger partial charge in [0.25, 0.3) is 5.56 Å². The summed E-state index contributed by atoms with van der Waals surface area (Å²) in [6, 6.07) is 14.9. The van der Waals surface area contributed by atoms with Crippen molar-refractivity contribution < 1.29 is 14.3 Å². The molecule has 0 aliphatic carbocycles. The van der Waals surface area contributed by atoms with Crippen molar-refractivity contribution in [2.75, 3.05) is 48.4 Å². The second-order valence-electron chi connectivity index (χ2n) is 8.18. The summed E-state index contributed by atoms with van der Waals surface area (Å²) >= 11 is 0. The average Bonchev–Trinajstić information content (AvgIpc) is 2.90. The maximum absolute atomic E-state index is 12.6. The van der Waals surface area contributed by atoms with Crippen molar-refractivity contribution in [1.29, 1.82) is 0 Å². The molecule has 184 valence electrons. The number of nitrogens with zero attached hydrogens (tertiary/aromatic N) is 3. The van der Waals surface area contributed by atoms with E-state index < -0.39 is 5.97 Å². The Morgan fingerprint density at radius 1 is 1.08 bits per heavy atom. The Bertz CT molecular complexity index is 1410. The molecule has 3 aromatic heterocycles. The van der Waals surface area contributed by atoms with E-state index in [-0.39, 0.29) is 5.56 Å². The first-order chi connectivity index (χ1) is 17.6. The molecule has 1 aliphatic heterocycles. The number of fused-ring (bicyclic) bond motifs is 1. The van der Waals surface area contributed by atoms with Crippen LogP contribution in [0.5, 0.6) is 0 Å². The zero-order valence-corrected chi connectivity index (χ0v) is 19.8. The van der Waals surface area contributed by atoms with Crippen LogP contribution in [0.25, 0.3) is 10.8 Å². The number of aromatic amines is 1. The molecule has 0 spiro atoms. The van der Waals surface area contributed by atoms with Gasteiger partial charge in [-0.15, -0.1) is 0 Å². The number of aromatic nitrogens is 3. The number of anilines is 5. The Morgan fingerprint density at radius 2 is 1.89 bits per heavy atom. The Kier molecular flexibility index (Phi) is 6.76. The molecule has 0 radical (unpaired) electrons. The van der Waals surface area contributed by atoms with Crippen LogP contribution in [0.3, 0.4) is 0 Å². The summed E-state index contributed by atoms with van der Waals surface area (Å²) in [5.41, 5.74) is 2.05. The first-order valence-corrected chi connectivity index (χ1v) is 11.7. The summed E-state index contributed by atoms with van der Waals surface area (Å²) in [6.45, 7) is 5.21. The largest absolute Gasteiger partial charge is 0.462 e. The third kappa shape index (κ3) is 5.13. The van der Waals surface area contributed by atoms with Gasteiger partial charge in [0.2, 0.25) is 0 Å².